The number of nitrogens with one attached hydrogen (secondary N) is 1. The first-order valence-electron chi connectivity index (χ1n) is 5.51. The average Bonchev–Trinajstić information content (AvgIpc) is 2.22. The molecule has 1 N–H and O–H groups in total. The highest BCUT2D eigenvalue weighted by Crippen LogP contribution is 2.23. The van der Waals surface area contributed by atoms with E-state index in [2.05, 4.69) is 5.32 Å². The number of Topliss-reactive ketones (excluding diaryl/α,β-unsaturated/α-hetero) is 1. The highest BCUT2D eigenvalue weighted by molar-refractivity contribution is 5.83. The summed E-state index contributed by atoms with van der Waals surface area (Å²) in [5, 5.41) is 3.01. The third-order valence-electron chi connectivity index (χ3n) is 2.53. The van der Waals surface area contributed by atoms with Crippen molar-refractivity contribution >= 4 is 5.78 Å². The van der Waals surface area contributed by atoms with Crippen LogP contribution in [0.2, 0.25) is 0 Å². The zero-order valence-electron chi connectivity index (χ0n) is 10.3. The van der Waals surface area contributed by atoms with Crippen LogP contribution in [0.4, 0.5) is 0 Å². The van der Waals surface area contributed by atoms with Crippen molar-refractivity contribution in [3.63, 3.8) is 0 Å². The smallest absolute Gasteiger partial charge is 0.151 e. The maximum absolute atomic E-state index is 11.4. The Balaban J connectivity index is 2.99. The lowest BCUT2D eigenvalue weighted by atomic mass is 10.0. The van der Waals surface area contributed by atoms with Crippen molar-refractivity contribution in [3.8, 4) is 5.75 Å². The molecule has 1 unspecified atom stereocenters. The third kappa shape index (κ3) is 2.83. The number of ether oxygens (including phenoxy) is 1. The molecule has 16 heavy (non-hydrogen) atoms. The molecule has 1 atom stereocenters. The fraction of sp³-hybridized carbons (Fsp3) is 0.462. The van der Waals surface area contributed by atoms with Crippen LogP contribution in [0.25, 0.3) is 0 Å². The largest absolute Gasteiger partial charge is 0.494 e. The van der Waals surface area contributed by atoms with Gasteiger partial charge in [0.15, 0.2) is 5.78 Å². The van der Waals surface area contributed by atoms with Gasteiger partial charge in [-0.25, -0.2) is 0 Å². The van der Waals surface area contributed by atoms with Crippen molar-refractivity contribution in [1.82, 2.24) is 5.32 Å². The van der Waals surface area contributed by atoms with E-state index in [1.165, 1.54) is 0 Å². The minimum Gasteiger partial charge on any atom is -0.494 e. The summed E-state index contributed by atoms with van der Waals surface area (Å²) in [6, 6.07) is 5.62. The summed E-state index contributed by atoms with van der Waals surface area (Å²) in [5.41, 5.74) is 2.04. The number of aryl methyl sites for hydroxylation is 1. The lowest BCUT2D eigenvalue weighted by Crippen LogP contribution is -2.23. The standard InChI is InChI=1S/C13H19NO2/c1-5-16-12-7-6-11(8-9(12)2)13(14-4)10(3)15/h6-8,13-14H,5H2,1-4H3. The summed E-state index contributed by atoms with van der Waals surface area (Å²) >= 11 is 0. The second-order valence-corrected chi connectivity index (χ2v) is 3.79. The molecule has 0 amide bonds. The molecule has 88 valence electrons. The minimum absolute atomic E-state index is 0.117. The number of carbonyl (C=O) groups is 1. The molecule has 0 heterocycles. The van der Waals surface area contributed by atoms with Gasteiger partial charge in [0.25, 0.3) is 0 Å². The Labute approximate surface area is 96.8 Å². The fourth-order valence-corrected chi connectivity index (χ4v) is 1.77. The number of likely N-dealkylation sites (N-methyl/N-ethyl adjacent to an activating group) is 1. The Kier molecular flexibility index (Phi) is 4.50. The summed E-state index contributed by atoms with van der Waals surface area (Å²) < 4.78 is 5.46. The van der Waals surface area contributed by atoms with Crippen LogP contribution in [0.5, 0.6) is 5.75 Å². The molecule has 0 bridgehead atoms. The van der Waals surface area contributed by atoms with Gasteiger partial charge in [0.05, 0.1) is 12.6 Å². The molecule has 3 heteroatoms. The summed E-state index contributed by atoms with van der Waals surface area (Å²) in [7, 11) is 1.79. The van der Waals surface area contributed by atoms with Crippen LogP contribution in [-0.2, 0) is 4.79 Å². The lowest BCUT2D eigenvalue weighted by Gasteiger charge is -2.15. The highest BCUT2D eigenvalue weighted by atomic mass is 16.5. The first kappa shape index (κ1) is 12.7. The number of hydrogen-bond acceptors (Lipinski definition) is 3. The SMILES string of the molecule is CCOc1ccc(C(NC)C(C)=O)cc1C. The zero-order chi connectivity index (χ0) is 12.1. The van der Waals surface area contributed by atoms with Gasteiger partial charge in [0.1, 0.15) is 5.75 Å². The molecule has 0 aromatic heterocycles. The minimum atomic E-state index is -0.227. The molecule has 3 nitrogen and oxygen atoms in total. The van der Waals surface area contributed by atoms with E-state index in [9.17, 15) is 4.79 Å². The molecular formula is C13H19NO2. The summed E-state index contributed by atoms with van der Waals surface area (Å²) in [6.45, 7) is 6.19. The van der Waals surface area contributed by atoms with E-state index in [1.807, 2.05) is 32.0 Å². The van der Waals surface area contributed by atoms with Gasteiger partial charge in [0.2, 0.25) is 0 Å². The van der Waals surface area contributed by atoms with Gasteiger partial charge in [-0.1, -0.05) is 12.1 Å². The van der Waals surface area contributed by atoms with E-state index in [0.29, 0.717) is 6.61 Å². The van der Waals surface area contributed by atoms with Crippen LogP contribution < -0.4 is 10.1 Å². The predicted octanol–water partition coefficient (Wildman–Crippen LogP) is 2.24. The molecule has 1 rings (SSSR count). The van der Waals surface area contributed by atoms with Crippen LogP contribution in [0.15, 0.2) is 18.2 Å². The number of rotatable bonds is 5. The average molecular weight is 221 g/mol. The van der Waals surface area contributed by atoms with E-state index in [-0.39, 0.29) is 11.8 Å². The number of hydrogen-bond donors (Lipinski definition) is 1. The van der Waals surface area contributed by atoms with Crippen LogP contribution in [0.1, 0.15) is 31.0 Å². The summed E-state index contributed by atoms with van der Waals surface area (Å²) in [6.07, 6.45) is 0. The Hall–Kier alpha value is -1.35. The van der Waals surface area contributed by atoms with Crippen LogP contribution in [0, 0.1) is 6.92 Å². The molecule has 0 spiro atoms. The molecule has 0 saturated carbocycles. The molecule has 0 aliphatic rings. The van der Waals surface area contributed by atoms with Crippen molar-refractivity contribution in [3.05, 3.63) is 29.3 Å². The summed E-state index contributed by atoms with van der Waals surface area (Å²) in [5.74, 6) is 0.996. The Morgan fingerprint density at radius 1 is 1.50 bits per heavy atom. The normalized spacial score (nSPS) is 12.2. The van der Waals surface area contributed by atoms with Gasteiger partial charge in [0, 0.05) is 0 Å². The van der Waals surface area contributed by atoms with Crippen molar-refractivity contribution in [2.45, 2.75) is 26.8 Å². The second-order valence-electron chi connectivity index (χ2n) is 3.79. The molecule has 1 aromatic carbocycles. The van der Waals surface area contributed by atoms with Crippen LogP contribution >= 0.6 is 0 Å². The van der Waals surface area contributed by atoms with Gasteiger partial charge in [-0.05, 0) is 45.0 Å². The lowest BCUT2D eigenvalue weighted by molar-refractivity contribution is -0.119. The first-order valence-corrected chi connectivity index (χ1v) is 5.51. The number of carbonyl (C=O) groups excluding carboxylic acids is 1. The van der Waals surface area contributed by atoms with E-state index >= 15 is 0 Å². The molecule has 1 aromatic rings. The molecule has 0 radical (unpaired) electrons. The van der Waals surface area contributed by atoms with Gasteiger partial charge in [-0.3, -0.25) is 4.79 Å². The first-order chi connectivity index (χ1) is 7.60. The Morgan fingerprint density at radius 2 is 2.19 bits per heavy atom. The van der Waals surface area contributed by atoms with Crippen molar-refractivity contribution in [2.24, 2.45) is 0 Å². The van der Waals surface area contributed by atoms with Crippen LogP contribution in [-0.4, -0.2) is 19.4 Å². The van der Waals surface area contributed by atoms with E-state index in [1.54, 1.807) is 14.0 Å². The zero-order valence-corrected chi connectivity index (χ0v) is 10.3. The van der Waals surface area contributed by atoms with Crippen molar-refractivity contribution in [1.29, 1.82) is 0 Å². The van der Waals surface area contributed by atoms with Crippen molar-refractivity contribution in [2.75, 3.05) is 13.7 Å². The third-order valence-corrected chi connectivity index (χ3v) is 2.53. The maximum Gasteiger partial charge on any atom is 0.151 e. The highest BCUT2D eigenvalue weighted by Gasteiger charge is 2.14. The van der Waals surface area contributed by atoms with Crippen molar-refractivity contribution < 1.29 is 9.53 Å². The van der Waals surface area contributed by atoms with Gasteiger partial charge < -0.3 is 10.1 Å². The Morgan fingerprint density at radius 3 is 2.62 bits per heavy atom. The molecular weight excluding hydrogens is 202 g/mol. The molecule has 0 aliphatic heterocycles. The maximum atomic E-state index is 11.4. The summed E-state index contributed by atoms with van der Waals surface area (Å²) in [4.78, 5) is 11.4. The quantitative estimate of drug-likeness (QED) is 0.828. The van der Waals surface area contributed by atoms with Gasteiger partial charge in [-0.15, -0.1) is 0 Å². The van der Waals surface area contributed by atoms with E-state index < -0.39 is 0 Å². The predicted molar refractivity (Wildman–Crippen MR) is 64.8 cm³/mol. The topological polar surface area (TPSA) is 38.3 Å². The molecule has 0 aliphatic carbocycles. The van der Waals surface area contributed by atoms with Gasteiger partial charge >= 0.3 is 0 Å². The van der Waals surface area contributed by atoms with Crippen LogP contribution in [0.3, 0.4) is 0 Å². The number of benzene rings is 1. The second kappa shape index (κ2) is 5.66. The van der Waals surface area contributed by atoms with E-state index in [0.717, 1.165) is 16.9 Å². The Bertz CT molecular complexity index is 374. The molecule has 0 fully saturated rings. The fourth-order valence-electron chi connectivity index (χ4n) is 1.77. The molecule has 0 saturated heterocycles. The van der Waals surface area contributed by atoms with E-state index in [4.69, 9.17) is 4.74 Å². The van der Waals surface area contributed by atoms with Gasteiger partial charge in [-0.2, -0.15) is 0 Å². The monoisotopic (exact) mass is 221 g/mol. The number of ketones is 1.